The van der Waals surface area contributed by atoms with Gasteiger partial charge in [0.2, 0.25) is 0 Å². The van der Waals surface area contributed by atoms with Gasteiger partial charge in [-0.05, 0) is 6.42 Å². The fraction of sp³-hybridized carbons (Fsp3) is 1.00. The summed E-state index contributed by atoms with van der Waals surface area (Å²) in [4.78, 5) is 0. The summed E-state index contributed by atoms with van der Waals surface area (Å²) in [6.07, 6.45) is 2.04. The molecule has 0 heterocycles. The van der Waals surface area contributed by atoms with Gasteiger partial charge < -0.3 is 11.3 Å². The zero-order valence-corrected chi connectivity index (χ0v) is 5.39. The molecule has 0 aliphatic rings. The van der Waals surface area contributed by atoms with Crippen LogP contribution in [0.4, 0.5) is 0 Å². The standard InChI is InChI=1S/C4H10O.Cu.H2N/c1-2-3-4-5;;/h5H,2-4H2,1H3;;1H2/q;+1;-1. The predicted molar refractivity (Wildman–Crippen MR) is 27.3 cm³/mol. The summed E-state index contributed by atoms with van der Waals surface area (Å²) in [5, 5.41) is 8.07. The third-order valence-corrected chi connectivity index (χ3v) is 0.512. The van der Waals surface area contributed by atoms with Crippen LogP contribution in [0, 0.1) is 0 Å². The van der Waals surface area contributed by atoms with Crippen molar-refractivity contribution in [3.8, 4) is 0 Å². The van der Waals surface area contributed by atoms with Crippen LogP contribution in [0.25, 0.3) is 6.15 Å². The van der Waals surface area contributed by atoms with E-state index < -0.39 is 0 Å². The molecule has 0 saturated carbocycles. The molecule has 0 radical (unpaired) electrons. The van der Waals surface area contributed by atoms with E-state index in [1.807, 2.05) is 0 Å². The van der Waals surface area contributed by atoms with Gasteiger partial charge in [-0.2, -0.15) is 0 Å². The molecule has 3 heteroatoms. The van der Waals surface area contributed by atoms with Crippen LogP contribution in [-0.2, 0) is 17.1 Å². The van der Waals surface area contributed by atoms with E-state index in [1.54, 1.807) is 0 Å². The van der Waals surface area contributed by atoms with Crippen LogP contribution in [-0.4, -0.2) is 11.7 Å². The fourth-order valence-electron chi connectivity index (χ4n) is 0.158. The maximum absolute atomic E-state index is 8.07. The smallest absolute Gasteiger partial charge is 0.693 e. The first-order chi connectivity index (χ1) is 2.41. The van der Waals surface area contributed by atoms with E-state index >= 15 is 0 Å². The largest absolute Gasteiger partial charge is 1.00 e. The number of nitrogens with two attached hydrogens (primary N) is 1. The van der Waals surface area contributed by atoms with Gasteiger partial charge in [-0.1, -0.05) is 13.3 Å². The minimum Gasteiger partial charge on any atom is -0.693 e. The Labute approximate surface area is 55.4 Å². The van der Waals surface area contributed by atoms with Crippen LogP contribution in [0.5, 0.6) is 0 Å². The first-order valence-electron chi connectivity index (χ1n) is 2.02. The molecule has 3 N–H and O–H groups in total. The molecule has 0 atom stereocenters. The van der Waals surface area contributed by atoms with E-state index in [-0.39, 0.29) is 23.2 Å². The van der Waals surface area contributed by atoms with Gasteiger partial charge in [-0.3, -0.25) is 0 Å². The van der Waals surface area contributed by atoms with Crippen LogP contribution in [0.3, 0.4) is 0 Å². The average Bonchev–Trinajstić information content (AvgIpc) is 1.41. The quantitative estimate of drug-likeness (QED) is 0.601. The molecule has 2 nitrogen and oxygen atoms in total. The van der Waals surface area contributed by atoms with E-state index in [0.29, 0.717) is 6.61 Å². The van der Waals surface area contributed by atoms with E-state index in [9.17, 15) is 0 Å². The minimum atomic E-state index is 0. The molecule has 0 amide bonds. The van der Waals surface area contributed by atoms with Crippen molar-refractivity contribution in [2.24, 2.45) is 0 Å². The van der Waals surface area contributed by atoms with Gasteiger partial charge in [0.05, 0.1) is 0 Å². The van der Waals surface area contributed by atoms with Gasteiger partial charge >= 0.3 is 17.1 Å². The molecule has 0 aliphatic carbocycles. The third-order valence-electron chi connectivity index (χ3n) is 0.512. The number of hydrogen-bond acceptors (Lipinski definition) is 1. The molecule has 0 aliphatic heterocycles. The molecule has 0 fully saturated rings. The van der Waals surface area contributed by atoms with E-state index in [2.05, 4.69) is 6.92 Å². The molecular formula is C4H12CuNO. The molecule has 50 valence electrons. The second-order valence-electron chi connectivity index (χ2n) is 1.08. The Balaban J connectivity index is -0.0000000800. The Bertz CT molecular complexity index is 19.2. The van der Waals surface area contributed by atoms with Crippen LogP contribution in [0.1, 0.15) is 19.8 Å². The maximum atomic E-state index is 8.07. The maximum Gasteiger partial charge on any atom is 1.00 e. The molecule has 0 aromatic rings. The van der Waals surface area contributed by atoms with Crippen LogP contribution in [0.15, 0.2) is 0 Å². The topological polar surface area (TPSA) is 53.7 Å². The van der Waals surface area contributed by atoms with Crippen molar-refractivity contribution in [2.75, 3.05) is 6.61 Å². The van der Waals surface area contributed by atoms with E-state index in [1.165, 1.54) is 0 Å². The van der Waals surface area contributed by atoms with Gasteiger partial charge in [0, 0.05) is 6.61 Å². The molecule has 0 spiro atoms. The molecule has 0 unspecified atom stereocenters. The number of hydrogen-bond donors (Lipinski definition) is 1. The molecule has 0 saturated heterocycles. The number of rotatable bonds is 2. The Morgan fingerprint density at radius 2 is 1.86 bits per heavy atom. The third kappa shape index (κ3) is 21.3. The normalized spacial score (nSPS) is 6.00. The van der Waals surface area contributed by atoms with Crippen molar-refractivity contribution in [2.45, 2.75) is 19.8 Å². The van der Waals surface area contributed by atoms with Gasteiger partial charge in [0.25, 0.3) is 0 Å². The summed E-state index contributed by atoms with van der Waals surface area (Å²) in [5.74, 6) is 0. The Hall–Kier alpha value is 0.439. The predicted octanol–water partition coefficient (Wildman–Crippen LogP) is 1.49. The van der Waals surface area contributed by atoms with Gasteiger partial charge in [-0.15, -0.1) is 0 Å². The first-order valence-corrected chi connectivity index (χ1v) is 2.02. The second-order valence-corrected chi connectivity index (χ2v) is 1.08. The van der Waals surface area contributed by atoms with Crippen molar-refractivity contribution >= 4 is 0 Å². The molecule has 0 rings (SSSR count). The molecule has 0 aromatic carbocycles. The fourth-order valence-corrected chi connectivity index (χ4v) is 0.158. The zero-order chi connectivity index (χ0) is 4.12. The van der Waals surface area contributed by atoms with Crippen molar-refractivity contribution in [1.82, 2.24) is 0 Å². The molecule has 0 bridgehead atoms. The Morgan fingerprint density at radius 3 is 1.86 bits per heavy atom. The zero-order valence-electron chi connectivity index (χ0n) is 4.45. The van der Waals surface area contributed by atoms with Gasteiger partial charge in [-0.25, -0.2) is 0 Å². The van der Waals surface area contributed by atoms with Gasteiger partial charge in [0.15, 0.2) is 0 Å². The van der Waals surface area contributed by atoms with Crippen molar-refractivity contribution < 1.29 is 22.2 Å². The second kappa shape index (κ2) is 16.1. The molecular weight excluding hydrogens is 142 g/mol. The Kier molecular flexibility index (Phi) is 36.0. The van der Waals surface area contributed by atoms with Crippen LogP contribution in [0.2, 0.25) is 0 Å². The summed E-state index contributed by atoms with van der Waals surface area (Å²) in [6.45, 7) is 2.40. The number of aliphatic hydroxyl groups excluding tert-OH is 1. The van der Waals surface area contributed by atoms with Crippen LogP contribution < -0.4 is 0 Å². The SMILES string of the molecule is CCCCO.[Cu+].[NH2-]. The monoisotopic (exact) mass is 153 g/mol. The number of aliphatic hydroxyl groups is 1. The van der Waals surface area contributed by atoms with E-state index in [0.717, 1.165) is 12.8 Å². The van der Waals surface area contributed by atoms with Crippen molar-refractivity contribution in [3.63, 3.8) is 0 Å². The summed E-state index contributed by atoms with van der Waals surface area (Å²) in [6, 6.07) is 0. The molecule has 0 aromatic heterocycles. The number of unbranched alkanes of at least 4 members (excludes halogenated alkanes) is 1. The van der Waals surface area contributed by atoms with E-state index in [4.69, 9.17) is 5.11 Å². The Morgan fingerprint density at radius 1 is 1.43 bits per heavy atom. The first kappa shape index (κ1) is 15.7. The van der Waals surface area contributed by atoms with Crippen molar-refractivity contribution in [3.05, 3.63) is 6.15 Å². The minimum absolute atomic E-state index is 0. The molecule has 7 heavy (non-hydrogen) atoms. The van der Waals surface area contributed by atoms with Crippen LogP contribution >= 0.6 is 0 Å². The summed E-state index contributed by atoms with van der Waals surface area (Å²) in [7, 11) is 0. The van der Waals surface area contributed by atoms with Crippen molar-refractivity contribution in [1.29, 1.82) is 0 Å². The summed E-state index contributed by atoms with van der Waals surface area (Å²) >= 11 is 0. The summed E-state index contributed by atoms with van der Waals surface area (Å²) in [5.41, 5.74) is 0. The van der Waals surface area contributed by atoms with Gasteiger partial charge in [0.1, 0.15) is 0 Å². The average molecular weight is 154 g/mol. The summed E-state index contributed by atoms with van der Waals surface area (Å²) < 4.78 is 0.